The van der Waals surface area contributed by atoms with Crippen molar-refractivity contribution in [1.82, 2.24) is 9.78 Å². The van der Waals surface area contributed by atoms with Crippen molar-refractivity contribution in [1.29, 1.82) is 0 Å². The summed E-state index contributed by atoms with van der Waals surface area (Å²) >= 11 is 0. The van der Waals surface area contributed by atoms with Gasteiger partial charge < -0.3 is 5.32 Å². The summed E-state index contributed by atoms with van der Waals surface area (Å²) in [5.41, 5.74) is 2.24. The molecule has 3 aromatic rings. The van der Waals surface area contributed by atoms with Gasteiger partial charge in [-0.05, 0) is 30.7 Å². The number of amides is 1. The standard InChI is InChI=1S/C19H16N4O3/c1-14-13-18(20-19(24)12-7-15-5-3-2-4-6-15)22(21-14)16-8-10-17(11-9-16)23(25)26/h2-13H,1H3,(H,20,24)/b12-7+. The van der Waals surface area contributed by atoms with E-state index >= 15 is 0 Å². The van der Waals surface area contributed by atoms with Crippen LogP contribution in [0.15, 0.2) is 66.7 Å². The van der Waals surface area contributed by atoms with Gasteiger partial charge in [-0.15, -0.1) is 0 Å². The second kappa shape index (κ2) is 7.43. The van der Waals surface area contributed by atoms with Crippen LogP contribution in [0, 0.1) is 17.0 Å². The quantitative estimate of drug-likeness (QED) is 0.432. The summed E-state index contributed by atoms with van der Waals surface area (Å²) in [6.45, 7) is 1.80. The summed E-state index contributed by atoms with van der Waals surface area (Å²) in [5.74, 6) is 0.191. The predicted molar refractivity (Wildman–Crippen MR) is 99.1 cm³/mol. The number of carbonyl (C=O) groups is 1. The van der Waals surface area contributed by atoms with E-state index in [2.05, 4.69) is 10.4 Å². The first kappa shape index (κ1) is 17.1. The third-order valence-corrected chi connectivity index (χ3v) is 3.61. The van der Waals surface area contributed by atoms with E-state index in [1.54, 1.807) is 31.2 Å². The lowest BCUT2D eigenvalue weighted by molar-refractivity contribution is -0.384. The molecule has 7 heteroatoms. The maximum absolute atomic E-state index is 12.2. The van der Waals surface area contributed by atoms with E-state index < -0.39 is 4.92 Å². The van der Waals surface area contributed by atoms with Crippen molar-refractivity contribution < 1.29 is 9.72 Å². The molecule has 7 nitrogen and oxygen atoms in total. The molecule has 0 saturated carbocycles. The Hall–Kier alpha value is -3.74. The normalized spacial score (nSPS) is 10.8. The number of rotatable bonds is 5. The van der Waals surface area contributed by atoms with Crippen molar-refractivity contribution in [2.75, 3.05) is 5.32 Å². The molecule has 0 saturated heterocycles. The number of nitro benzene ring substituents is 1. The highest BCUT2D eigenvalue weighted by molar-refractivity contribution is 6.01. The van der Waals surface area contributed by atoms with Crippen molar-refractivity contribution in [3.8, 4) is 5.69 Å². The maximum atomic E-state index is 12.2. The molecule has 0 atom stereocenters. The number of hydrogen-bond acceptors (Lipinski definition) is 4. The molecule has 0 spiro atoms. The first-order chi connectivity index (χ1) is 12.5. The monoisotopic (exact) mass is 348 g/mol. The van der Waals surface area contributed by atoms with Crippen LogP contribution in [0.2, 0.25) is 0 Å². The zero-order valence-corrected chi connectivity index (χ0v) is 14.0. The minimum atomic E-state index is -0.463. The minimum Gasteiger partial charge on any atom is -0.307 e. The number of nitro groups is 1. The molecule has 1 N–H and O–H groups in total. The Morgan fingerprint density at radius 3 is 2.50 bits per heavy atom. The van der Waals surface area contributed by atoms with Gasteiger partial charge in [0.25, 0.3) is 5.69 Å². The molecule has 0 aliphatic rings. The summed E-state index contributed by atoms with van der Waals surface area (Å²) < 4.78 is 1.54. The fraction of sp³-hybridized carbons (Fsp3) is 0.0526. The van der Waals surface area contributed by atoms with E-state index in [1.165, 1.54) is 22.9 Å². The Morgan fingerprint density at radius 1 is 1.15 bits per heavy atom. The molecular formula is C19H16N4O3. The van der Waals surface area contributed by atoms with Gasteiger partial charge in [-0.25, -0.2) is 4.68 Å². The van der Waals surface area contributed by atoms with Crippen LogP contribution in [-0.2, 0) is 4.79 Å². The van der Waals surface area contributed by atoms with Crippen LogP contribution in [0.5, 0.6) is 0 Å². The van der Waals surface area contributed by atoms with Crippen LogP contribution in [0.3, 0.4) is 0 Å². The van der Waals surface area contributed by atoms with E-state index in [4.69, 9.17) is 0 Å². The summed E-state index contributed by atoms with van der Waals surface area (Å²) in [6, 6.07) is 17.2. The average molecular weight is 348 g/mol. The second-order valence-corrected chi connectivity index (χ2v) is 5.59. The highest BCUT2D eigenvalue weighted by Gasteiger charge is 2.11. The number of non-ortho nitro benzene ring substituents is 1. The molecule has 2 aromatic carbocycles. The van der Waals surface area contributed by atoms with Crippen LogP contribution >= 0.6 is 0 Å². The molecule has 0 unspecified atom stereocenters. The van der Waals surface area contributed by atoms with E-state index in [-0.39, 0.29) is 11.6 Å². The van der Waals surface area contributed by atoms with E-state index in [1.807, 2.05) is 30.3 Å². The summed E-state index contributed by atoms with van der Waals surface area (Å²) in [7, 11) is 0. The van der Waals surface area contributed by atoms with Crippen LogP contribution < -0.4 is 5.32 Å². The highest BCUT2D eigenvalue weighted by Crippen LogP contribution is 2.20. The lowest BCUT2D eigenvalue weighted by atomic mass is 10.2. The van der Waals surface area contributed by atoms with Gasteiger partial charge in [0.2, 0.25) is 5.91 Å². The number of anilines is 1. The van der Waals surface area contributed by atoms with Crippen molar-refractivity contribution in [3.63, 3.8) is 0 Å². The Balaban J connectivity index is 1.79. The van der Waals surface area contributed by atoms with Gasteiger partial charge in [-0.1, -0.05) is 30.3 Å². The van der Waals surface area contributed by atoms with Gasteiger partial charge in [0.05, 0.1) is 16.3 Å². The molecule has 0 aliphatic carbocycles. The largest absolute Gasteiger partial charge is 0.307 e. The van der Waals surface area contributed by atoms with E-state index in [0.29, 0.717) is 17.2 Å². The summed E-state index contributed by atoms with van der Waals surface area (Å²) in [6.07, 6.45) is 3.16. The van der Waals surface area contributed by atoms with Crippen molar-refractivity contribution in [2.45, 2.75) is 6.92 Å². The molecule has 0 fully saturated rings. The van der Waals surface area contributed by atoms with Crippen LogP contribution in [0.1, 0.15) is 11.3 Å². The zero-order chi connectivity index (χ0) is 18.5. The number of carbonyl (C=O) groups excluding carboxylic acids is 1. The second-order valence-electron chi connectivity index (χ2n) is 5.59. The van der Waals surface area contributed by atoms with Gasteiger partial charge >= 0.3 is 0 Å². The zero-order valence-electron chi connectivity index (χ0n) is 14.0. The number of aromatic nitrogens is 2. The fourth-order valence-corrected chi connectivity index (χ4v) is 2.40. The first-order valence-electron chi connectivity index (χ1n) is 7.88. The first-order valence-corrected chi connectivity index (χ1v) is 7.88. The van der Waals surface area contributed by atoms with Crippen LogP contribution in [-0.4, -0.2) is 20.6 Å². The number of benzene rings is 2. The third-order valence-electron chi connectivity index (χ3n) is 3.61. The molecular weight excluding hydrogens is 332 g/mol. The number of nitrogens with one attached hydrogen (secondary N) is 1. The topological polar surface area (TPSA) is 90.1 Å². The van der Waals surface area contributed by atoms with Gasteiger partial charge in [0, 0.05) is 24.3 Å². The summed E-state index contributed by atoms with van der Waals surface area (Å²) in [5, 5.41) is 17.9. The van der Waals surface area contributed by atoms with Gasteiger partial charge in [0.1, 0.15) is 5.82 Å². The predicted octanol–water partition coefficient (Wildman–Crippen LogP) is 3.74. The molecule has 26 heavy (non-hydrogen) atoms. The van der Waals surface area contributed by atoms with Crippen LogP contribution in [0.4, 0.5) is 11.5 Å². The van der Waals surface area contributed by atoms with Gasteiger partial charge in [-0.2, -0.15) is 5.10 Å². The average Bonchev–Trinajstić information content (AvgIpc) is 3.01. The Bertz CT molecular complexity index is 960. The summed E-state index contributed by atoms with van der Waals surface area (Å²) in [4.78, 5) is 22.5. The minimum absolute atomic E-state index is 0.00555. The van der Waals surface area contributed by atoms with Crippen LogP contribution in [0.25, 0.3) is 11.8 Å². The van der Waals surface area contributed by atoms with Crippen molar-refractivity contribution >= 4 is 23.5 Å². The molecule has 0 radical (unpaired) electrons. The van der Waals surface area contributed by atoms with Crippen molar-refractivity contribution in [3.05, 3.63) is 88.1 Å². The number of hydrogen-bond donors (Lipinski definition) is 1. The van der Waals surface area contributed by atoms with Gasteiger partial charge in [0.15, 0.2) is 0 Å². The molecule has 1 aromatic heterocycles. The molecule has 0 bridgehead atoms. The van der Waals surface area contributed by atoms with Gasteiger partial charge in [-0.3, -0.25) is 14.9 Å². The fourth-order valence-electron chi connectivity index (χ4n) is 2.40. The number of nitrogens with zero attached hydrogens (tertiary/aromatic N) is 3. The van der Waals surface area contributed by atoms with E-state index in [0.717, 1.165) is 5.56 Å². The molecule has 1 amide bonds. The molecule has 0 aliphatic heterocycles. The number of aryl methyl sites for hydroxylation is 1. The van der Waals surface area contributed by atoms with Crippen molar-refractivity contribution in [2.24, 2.45) is 0 Å². The molecule has 1 heterocycles. The third kappa shape index (κ3) is 4.02. The Kier molecular flexibility index (Phi) is 4.89. The van der Waals surface area contributed by atoms with E-state index in [9.17, 15) is 14.9 Å². The molecule has 130 valence electrons. The lowest BCUT2D eigenvalue weighted by Gasteiger charge is -2.07. The smallest absolute Gasteiger partial charge is 0.269 e. The Labute approximate surface area is 149 Å². The maximum Gasteiger partial charge on any atom is 0.269 e. The Morgan fingerprint density at radius 2 is 1.85 bits per heavy atom. The highest BCUT2D eigenvalue weighted by atomic mass is 16.6. The SMILES string of the molecule is Cc1cc(NC(=O)/C=C/c2ccccc2)n(-c2ccc([N+](=O)[O-])cc2)n1. The lowest BCUT2D eigenvalue weighted by Crippen LogP contribution is -2.12. The molecule has 3 rings (SSSR count).